The Morgan fingerprint density at radius 2 is 2.09 bits per heavy atom. The molecule has 0 amide bonds. The third-order valence-electron chi connectivity index (χ3n) is 2.59. The largest absolute Gasteiger partial charge is 0.482 e. The Hall–Kier alpha value is -3.49. The third-order valence-corrected chi connectivity index (χ3v) is 2.59. The van der Waals surface area contributed by atoms with E-state index in [1.54, 1.807) is 24.3 Å². The molecule has 118 valence electrons. The fourth-order valence-corrected chi connectivity index (χ4v) is 1.53. The minimum absolute atomic E-state index is 0.100. The summed E-state index contributed by atoms with van der Waals surface area (Å²) < 4.78 is 5.00. The van der Waals surface area contributed by atoms with Crippen molar-refractivity contribution >= 4 is 23.7 Å². The number of carboxylic acids is 1. The highest BCUT2D eigenvalue weighted by Gasteiger charge is 2.04. The lowest BCUT2D eigenvalue weighted by molar-refractivity contribution is -0.385. The molecule has 2 N–H and O–H groups in total. The molecule has 0 spiro atoms. The Bertz CT molecular complexity index is 713. The summed E-state index contributed by atoms with van der Waals surface area (Å²) in [7, 11) is 0. The van der Waals surface area contributed by atoms with Crippen LogP contribution in [0.3, 0.4) is 0 Å². The maximum atomic E-state index is 10.5. The van der Waals surface area contributed by atoms with Crippen molar-refractivity contribution in [3.8, 4) is 5.75 Å². The number of benzene rings is 1. The van der Waals surface area contributed by atoms with Crippen molar-refractivity contribution in [3.05, 3.63) is 58.3 Å². The predicted molar refractivity (Wildman–Crippen MR) is 81.7 cm³/mol. The fourth-order valence-electron chi connectivity index (χ4n) is 1.53. The summed E-state index contributed by atoms with van der Waals surface area (Å²) >= 11 is 0. The number of nitrogens with one attached hydrogen (secondary N) is 1. The molecule has 9 heteroatoms. The molecule has 0 aliphatic heterocycles. The Morgan fingerprint density at radius 1 is 1.35 bits per heavy atom. The van der Waals surface area contributed by atoms with Gasteiger partial charge in [0.15, 0.2) is 6.61 Å². The molecular formula is C14H12N4O5. The van der Waals surface area contributed by atoms with Crippen molar-refractivity contribution in [2.75, 3.05) is 12.0 Å². The van der Waals surface area contributed by atoms with Crippen LogP contribution in [0.2, 0.25) is 0 Å². The first-order valence-electron chi connectivity index (χ1n) is 6.39. The molecule has 0 bridgehead atoms. The highest BCUT2D eigenvalue weighted by Crippen LogP contribution is 2.12. The predicted octanol–water partition coefficient (Wildman–Crippen LogP) is 1.90. The summed E-state index contributed by atoms with van der Waals surface area (Å²) in [5.74, 6) is -0.238. The molecule has 0 saturated heterocycles. The first-order chi connectivity index (χ1) is 11.0. The molecule has 0 fully saturated rings. The number of aromatic nitrogens is 1. The minimum Gasteiger partial charge on any atom is -0.482 e. The lowest BCUT2D eigenvalue weighted by atomic mass is 10.2. The van der Waals surface area contributed by atoms with E-state index < -0.39 is 17.5 Å². The molecule has 0 radical (unpaired) electrons. The molecule has 2 rings (SSSR count). The molecular weight excluding hydrogens is 304 g/mol. The van der Waals surface area contributed by atoms with Gasteiger partial charge in [-0.25, -0.2) is 9.78 Å². The Kier molecular flexibility index (Phi) is 5.18. The van der Waals surface area contributed by atoms with E-state index in [-0.39, 0.29) is 5.69 Å². The van der Waals surface area contributed by atoms with Crippen LogP contribution >= 0.6 is 0 Å². The second-order valence-electron chi connectivity index (χ2n) is 4.28. The molecule has 2 aromatic rings. The van der Waals surface area contributed by atoms with Gasteiger partial charge < -0.3 is 9.84 Å². The number of hydrogen-bond acceptors (Lipinski definition) is 7. The first-order valence-corrected chi connectivity index (χ1v) is 6.39. The summed E-state index contributed by atoms with van der Waals surface area (Å²) in [4.78, 5) is 24.2. The molecule has 1 aromatic carbocycles. The number of hydrogen-bond donors (Lipinski definition) is 2. The van der Waals surface area contributed by atoms with Gasteiger partial charge in [-0.05, 0) is 35.9 Å². The molecule has 1 heterocycles. The molecule has 0 atom stereocenters. The van der Waals surface area contributed by atoms with Gasteiger partial charge in [0.05, 0.1) is 11.1 Å². The van der Waals surface area contributed by atoms with Crippen LogP contribution in [0, 0.1) is 10.1 Å². The van der Waals surface area contributed by atoms with E-state index >= 15 is 0 Å². The van der Waals surface area contributed by atoms with Crippen LogP contribution in [0.1, 0.15) is 5.56 Å². The van der Waals surface area contributed by atoms with Crippen molar-refractivity contribution in [3.63, 3.8) is 0 Å². The number of pyridine rings is 1. The van der Waals surface area contributed by atoms with Crippen molar-refractivity contribution in [1.82, 2.24) is 4.98 Å². The first kappa shape index (κ1) is 15.9. The SMILES string of the molecule is O=C(O)COc1ccc(C=NNc2ccc([N+](=O)[O-])cn2)cc1. The zero-order chi connectivity index (χ0) is 16.7. The van der Waals surface area contributed by atoms with Crippen LogP contribution in [-0.2, 0) is 4.79 Å². The van der Waals surface area contributed by atoms with E-state index in [2.05, 4.69) is 15.5 Å². The molecule has 0 aliphatic rings. The second-order valence-corrected chi connectivity index (χ2v) is 4.28. The van der Waals surface area contributed by atoms with E-state index in [0.717, 1.165) is 11.8 Å². The standard InChI is InChI=1S/C14H12N4O5/c19-14(20)9-23-12-4-1-10(2-5-12)7-16-17-13-6-3-11(8-15-13)18(21)22/h1-8H,9H2,(H,15,17)(H,19,20). The van der Waals surface area contributed by atoms with E-state index in [1.165, 1.54) is 18.3 Å². The summed E-state index contributed by atoms with van der Waals surface area (Å²) in [6.07, 6.45) is 2.65. The topological polar surface area (TPSA) is 127 Å². The van der Waals surface area contributed by atoms with E-state index in [9.17, 15) is 14.9 Å². The van der Waals surface area contributed by atoms with Crippen LogP contribution in [0.15, 0.2) is 47.7 Å². The number of anilines is 1. The van der Waals surface area contributed by atoms with Gasteiger partial charge >= 0.3 is 5.97 Å². The molecule has 23 heavy (non-hydrogen) atoms. The van der Waals surface area contributed by atoms with E-state index in [1.807, 2.05) is 0 Å². The number of aliphatic carboxylic acids is 1. The highest BCUT2D eigenvalue weighted by atomic mass is 16.6. The smallest absolute Gasteiger partial charge is 0.341 e. The average Bonchev–Trinajstić information content (AvgIpc) is 2.54. The quantitative estimate of drug-likeness (QED) is 0.453. The van der Waals surface area contributed by atoms with Gasteiger partial charge in [0, 0.05) is 6.07 Å². The number of hydrazone groups is 1. The van der Waals surface area contributed by atoms with Crippen LogP contribution < -0.4 is 10.2 Å². The third kappa shape index (κ3) is 5.08. The number of ether oxygens (including phenoxy) is 1. The lowest BCUT2D eigenvalue weighted by Gasteiger charge is -2.02. The Labute approximate surface area is 130 Å². The molecule has 1 aromatic heterocycles. The summed E-state index contributed by atoms with van der Waals surface area (Å²) in [5, 5.41) is 22.9. The maximum absolute atomic E-state index is 10.5. The highest BCUT2D eigenvalue weighted by molar-refractivity contribution is 5.80. The van der Waals surface area contributed by atoms with Gasteiger partial charge in [-0.3, -0.25) is 15.5 Å². The second kappa shape index (κ2) is 7.50. The van der Waals surface area contributed by atoms with Gasteiger partial charge in [-0.15, -0.1) is 0 Å². The molecule has 0 saturated carbocycles. The zero-order valence-electron chi connectivity index (χ0n) is 11.7. The summed E-state index contributed by atoms with van der Waals surface area (Å²) in [5.41, 5.74) is 3.29. The molecule has 9 nitrogen and oxygen atoms in total. The maximum Gasteiger partial charge on any atom is 0.341 e. The number of carbonyl (C=O) groups is 1. The fraction of sp³-hybridized carbons (Fsp3) is 0.0714. The Balaban J connectivity index is 1.90. The van der Waals surface area contributed by atoms with Gasteiger partial charge in [-0.2, -0.15) is 5.10 Å². The summed E-state index contributed by atoms with van der Waals surface area (Å²) in [6.45, 7) is -0.402. The van der Waals surface area contributed by atoms with Crippen LogP contribution in [0.4, 0.5) is 11.5 Å². The van der Waals surface area contributed by atoms with Crippen molar-refractivity contribution in [1.29, 1.82) is 0 Å². The van der Waals surface area contributed by atoms with Gasteiger partial charge in [0.2, 0.25) is 0 Å². The minimum atomic E-state index is -1.05. The number of nitrogens with zero attached hydrogens (tertiary/aromatic N) is 3. The van der Waals surface area contributed by atoms with Crippen molar-refractivity contribution < 1.29 is 19.6 Å². The van der Waals surface area contributed by atoms with Crippen molar-refractivity contribution in [2.45, 2.75) is 0 Å². The van der Waals surface area contributed by atoms with Crippen molar-refractivity contribution in [2.24, 2.45) is 5.10 Å². The van der Waals surface area contributed by atoms with E-state index in [4.69, 9.17) is 9.84 Å². The summed E-state index contributed by atoms with van der Waals surface area (Å²) in [6, 6.07) is 9.40. The number of rotatable bonds is 7. The number of nitro groups is 1. The van der Waals surface area contributed by atoms with E-state index in [0.29, 0.717) is 11.6 Å². The van der Waals surface area contributed by atoms with Gasteiger partial charge in [-0.1, -0.05) is 0 Å². The molecule has 0 aliphatic carbocycles. The monoisotopic (exact) mass is 316 g/mol. The van der Waals surface area contributed by atoms with Gasteiger partial charge in [0.25, 0.3) is 5.69 Å². The van der Waals surface area contributed by atoms with Gasteiger partial charge in [0.1, 0.15) is 17.8 Å². The normalized spacial score (nSPS) is 10.4. The molecule has 0 unspecified atom stereocenters. The number of carboxylic acid groups (broad SMARTS) is 1. The lowest BCUT2D eigenvalue weighted by Crippen LogP contribution is -2.09. The average molecular weight is 316 g/mol. The zero-order valence-corrected chi connectivity index (χ0v) is 11.7. The van der Waals surface area contributed by atoms with Crippen LogP contribution in [-0.4, -0.2) is 33.8 Å². The Morgan fingerprint density at radius 3 is 2.65 bits per heavy atom. The van der Waals surface area contributed by atoms with Crippen LogP contribution in [0.25, 0.3) is 0 Å². The van der Waals surface area contributed by atoms with Crippen LogP contribution in [0.5, 0.6) is 5.75 Å².